The Kier molecular flexibility index (Phi) is 19.4. The van der Waals surface area contributed by atoms with Crippen LogP contribution in [0.1, 0.15) is 76.7 Å². The second-order valence-electron chi connectivity index (χ2n) is 13.9. The number of benzene rings is 2. The maximum absolute atomic E-state index is 13.3. The number of hydrogen-bond donors (Lipinski definition) is 0. The SMILES string of the molecule is CS(=O)(=O)OCC1CCCN(C(=O)C2(c3ccc(Cl)cc3)CCC2)C1.[2H]CF.[N-]=[N+]=NCC1CCCN(C(=O)C2(c3ccc(Cl)cc3)CCC2)C1.[N-]=[N+]=[N-].[Na+]. The van der Waals surface area contributed by atoms with Gasteiger partial charge in [-0.05, 0) is 98.2 Å². The van der Waals surface area contributed by atoms with Gasteiger partial charge >= 0.3 is 29.6 Å². The number of likely N-dealkylation sites (tertiary alicyclic amines) is 2. The molecule has 2 aromatic carbocycles. The Balaban J connectivity index is 0.000000328. The Bertz CT molecular complexity index is 1730. The Morgan fingerprint density at radius 3 is 1.59 bits per heavy atom. The zero-order valence-corrected chi connectivity index (χ0v) is 35.3. The van der Waals surface area contributed by atoms with Crippen molar-refractivity contribution in [2.45, 2.75) is 75.0 Å². The fourth-order valence-corrected chi connectivity index (χ4v) is 8.30. The van der Waals surface area contributed by atoms with Crippen LogP contribution in [0.5, 0.6) is 0 Å². The van der Waals surface area contributed by atoms with Gasteiger partial charge in [-0.15, -0.1) is 0 Å². The summed E-state index contributed by atoms with van der Waals surface area (Å²) in [6, 6.07) is 15.3. The summed E-state index contributed by atoms with van der Waals surface area (Å²) in [5, 5.41) is 5.05. The van der Waals surface area contributed by atoms with Gasteiger partial charge in [-0.1, -0.05) is 65.4 Å². The van der Waals surface area contributed by atoms with Crippen molar-refractivity contribution in [2.75, 3.05) is 52.7 Å². The second-order valence-corrected chi connectivity index (χ2v) is 16.4. The van der Waals surface area contributed by atoms with Crippen LogP contribution in [0.25, 0.3) is 26.4 Å². The summed E-state index contributed by atoms with van der Waals surface area (Å²) >= 11 is 12.0. The van der Waals surface area contributed by atoms with Gasteiger partial charge in [0.1, 0.15) is 0 Å². The number of piperidine rings is 2. The van der Waals surface area contributed by atoms with Crippen molar-refractivity contribution in [3.63, 3.8) is 0 Å². The smallest absolute Gasteiger partial charge is 0.373 e. The molecule has 13 nitrogen and oxygen atoms in total. The first kappa shape index (κ1) is 45.8. The quantitative estimate of drug-likeness (QED) is 0.102. The van der Waals surface area contributed by atoms with Gasteiger partial charge in [0, 0.05) is 53.6 Å². The van der Waals surface area contributed by atoms with Crippen molar-refractivity contribution >= 4 is 45.1 Å². The molecular weight excluding hydrogens is 769 g/mol. The van der Waals surface area contributed by atoms with Crippen molar-refractivity contribution < 1.29 is 57.5 Å². The predicted octanol–water partition coefficient (Wildman–Crippen LogP) is 5.74. The monoisotopic (exact) mass is 817 g/mol. The van der Waals surface area contributed by atoms with E-state index in [-0.39, 0.29) is 65.2 Å². The van der Waals surface area contributed by atoms with Crippen LogP contribution in [0.15, 0.2) is 53.6 Å². The van der Waals surface area contributed by atoms with Crippen molar-refractivity contribution in [3.8, 4) is 0 Å². The van der Waals surface area contributed by atoms with E-state index in [1.807, 2.05) is 58.3 Å². The molecule has 0 N–H and O–H groups in total. The fourth-order valence-electron chi connectivity index (χ4n) is 7.61. The van der Waals surface area contributed by atoms with E-state index in [0.717, 1.165) is 94.7 Å². The summed E-state index contributed by atoms with van der Waals surface area (Å²) in [7, 11) is -4.45. The fraction of sp³-hybridized carbons (Fsp3) is 0.611. The average molecular weight is 819 g/mol. The van der Waals surface area contributed by atoms with Crippen LogP contribution in [0.4, 0.5) is 4.39 Å². The maximum Gasteiger partial charge on any atom is 1.00 e. The first-order valence-electron chi connectivity index (χ1n) is 18.3. The summed E-state index contributed by atoms with van der Waals surface area (Å²) in [4.78, 5) is 34.7. The number of carbonyl (C=O) groups excluding carboxylic acids is 2. The number of amides is 2. The number of carbonyl (C=O) groups is 2. The summed E-state index contributed by atoms with van der Waals surface area (Å²) < 4.78 is 42.8. The standard InChI is InChI=1S/C18H24ClNO4S.C17H21ClN4O.CH3F.N3.Na/c1-25(22,23)24-13-14-4-2-11-20(12-14)17(21)18(9-3-10-18)15-5-7-16(19)8-6-15;18-15-6-4-14(5-7-15)17(8-2-9-17)16(23)22-10-1-3-13(12-22)11-20-21-19;1-2;1-3-2;/h5-8,14H,2-4,9-13H2,1H3;4-7,13H,1-3,8-12H2;1H3;;/q;;;-1;+1/i;;1D;;. The van der Waals surface area contributed by atoms with Crippen LogP contribution in [-0.4, -0.2) is 82.8 Å². The number of hydrogen-bond acceptors (Lipinski definition) is 6. The van der Waals surface area contributed by atoms with Gasteiger partial charge in [0.25, 0.3) is 10.1 Å². The van der Waals surface area contributed by atoms with E-state index >= 15 is 0 Å². The predicted molar refractivity (Wildman–Crippen MR) is 204 cm³/mol. The summed E-state index contributed by atoms with van der Waals surface area (Å²) in [5.41, 5.74) is 23.3. The molecule has 0 aromatic heterocycles. The molecular formula is C36H48Cl2FN8NaO5S. The summed E-state index contributed by atoms with van der Waals surface area (Å²) in [6.45, 7) is 3.42. The average Bonchev–Trinajstić information content (AvgIpc) is 3.11. The molecule has 2 amide bonds. The molecule has 2 unspecified atom stereocenters. The van der Waals surface area contributed by atoms with Gasteiger partial charge in [-0.3, -0.25) is 23.1 Å². The maximum atomic E-state index is 13.3. The van der Waals surface area contributed by atoms with Crippen LogP contribution in [0.3, 0.4) is 0 Å². The number of rotatable bonds is 9. The molecule has 2 saturated carbocycles. The molecule has 2 saturated heterocycles. The van der Waals surface area contributed by atoms with Crippen molar-refractivity contribution in [1.82, 2.24) is 9.80 Å². The van der Waals surface area contributed by atoms with Crippen LogP contribution in [-0.2, 0) is 34.7 Å². The molecule has 2 aliphatic carbocycles. The molecule has 2 heterocycles. The molecule has 4 aliphatic rings. The number of halogens is 3. The molecule has 54 heavy (non-hydrogen) atoms. The minimum absolute atomic E-state index is 0. The Hall–Kier alpha value is -2.58. The van der Waals surface area contributed by atoms with Crippen LogP contribution >= 0.6 is 23.2 Å². The Morgan fingerprint density at radius 2 is 1.24 bits per heavy atom. The largest absolute Gasteiger partial charge is 1.00 e. The molecule has 2 aliphatic heterocycles. The Labute approximate surface area is 351 Å². The van der Waals surface area contributed by atoms with Crippen molar-refractivity contribution in [2.24, 2.45) is 17.0 Å². The third kappa shape index (κ3) is 12.7. The molecule has 6 rings (SSSR count). The third-order valence-electron chi connectivity index (χ3n) is 10.6. The Morgan fingerprint density at radius 1 is 0.852 bits per heavy atom. The molecule has 0 bridgehead atoms. The van der Waals surface area contributed by atoms with E-state index < -0.39 is 22.7 Å². The summed E-state index contributed by atoms with van der Waals surface area (Å²) in [6.07, 6.45) is 10.5. The van der Waals surface area contributed by atoms with E-state index in [2.05, 4.69) is 10.0 Å². The van der Waals surface area contributed by atoms with Gasteiger partial charge in [-0.25, -0.2) is 0 Å². The zero-order chi connectivity index (χ0) is 39.8. The van der Waals surface area contributed by atoms with E-state index in [4.69, 9.17) is 45.3 Å². The molecule has 0 spiro atoms. The van der Waals surface area contributed by atoms with Crippen molar-refractivity contribution in [3.05, 3.63) is 96.1 Å². The van der Waals surface area contributed by atoms with E-state index in [1.165, 1.54) is 4.91 Å². The second kappa shape index (κ2) is 22.8. The van der Waals surface area contributed by atoms with Crippen LogP contribution in [0.2, 0.25) is 10.0 Å². The van der Waals surface area contributed by atoms with Crippen molar-refractivity contribution in [1.29, 1.82) is 0 Å². The van der Waals surface area contributed by atoms with Crippen LogP contribution in [0, 0.1) is 11.8 Å². The normalized spacial score (nSPS) is 20.9. The van der Waals surface area contributed by atoms with Gasteiger partial charge in [-0.2, -0.15) is 8.42 Å². The molecule has 0 radical (unpaired) electrons. The topological polar surface area (TPSA) is 191 Å². The molecule has 4 fully saturated rings. The van der Waals surface area contributed by atoms with Gasteiger partial charge in [0.2, 0.25) is 11.8 Å². The van der Waals surface area contributed by atoms with Gasteiger partial charge in [0.05, 0.1) is 32.2 Å². The zero-order valence-electron chi connectivity index (χ0n) is 32.0. The van der Waals surface area contributed by atoms with E-state index in [9.17, 15) is 22.4 Å². The minimum Gasteiger partial charge on any atom is -0.373 e. The molecule has 2 aromatic rings. The molecule has 2 atom stereocenters. The van der Waals surface area contributed by atoms with Gasteiger partial charge in [0.15, 0.2) is 0 Å². The number of azide groups is 1. The van der Waals surface area contributed by atoms with E-state index in [1.54, 1.807) is 0 Å². The van der Waals surface area contributed by atoms with Gasteiger partial charge < -0.3 is 20.9 Å². The number of nitrogens with zero attached hydrogens (tertiary/aromatic N) is 8. The third-order valence-corrected chi connectivity index (χ3v) is 11.6. The first-order valence-corrected chi connectivity index (χ1v) is 20.2. The van der Waals surface area contributed by atoms with E-state index in [0.29, 0.717) is 29.7 Å². The number of alkyl halides is 1. The summed E-state index contributed by atoms with van der Waals surface area (Å²) in [5.74, 6) is 0.738. The molecule has 18 heteroatoms. The van der Waals surface area contributed by atoms with Crippen LogP contribution < -0.4 is 29.6 Å². The first-order chi connectivity index (χ1) is 25.8. The minimum atomic E-state index is -3.45. The molecule has 290 valence electrons.